The van der Waals surface area contributed by atoms with E-state index in [1.165, 1.54) is 12.1 Å². The van der Waals surface area contributed by atoms with Gasteiger partial charge in [0.15, 0.2) is 0 Å². The first kappa shape index (κ1) is 30.0. The van der Waals surface area contributed by atoms with Gasteiger partial charge in [0.1, 0.15) is 11.6 Å². The van der Waals surface area contributed by atoms with Gasteiger partial charge in [-0.25, -0.2) is 12.8 Å². The van der Waals surface area contributed by atoms with E-state index in [2.05, 4.69) is 9.64 Å². The molecule has 0 aliphatic carbocycles. The lowest BCUT2D eigenvalue weighted by Crippen LogP contribution is -2.60. The molecule has 0 spiro atoms. The molecule has 2 aliphatic rings. The Balaban J connectivity index is 1.60. The highest BCUT2D eigenvalue weighted by Crippen LogP contribution is 2.43. The van der Waals surface area contributed by atoms with E-state index in [1.54, 1.807) is 19.2 Å². The highest BCUT2D eigenvalue weighted by molar-refractivity contribution is 7.92. The highest BCUT2D eigenvalue weighted by atomic mass is 32.2. The molecule has 42 heavy (non-hydrogen) atoms. The van der Waals surface area contributed by atoms with Gasteiger partial charge in [0.2, 0.25) is 0 Å². The summed E-state index contributed by atoms with van der Waals surface area (Å²) in [6.07, 6.45) is -4.75. The van der Waals surface area contributed by atoms with Crippen LogP contribution in [0.1, 0.15) is 5.56 Å². The fourth-order valence-electron chi connectivity index (χ4n) is 5.34. The Morgan fingerprint density at radius 1 is 0.952 bits per heavy atom. The first-order valence-corrected chi connectivity index (χ1v) is 14.4. The third kappa shape index (κ3) is 6.15. The summed E-state index contributed by atoms with van der Waals surface area (Å²) in [5, 5.41) is 0. The number of nitrogens with zero attached hydrogens (tertiary/aromatic N) is 3. The van der Waals surface area contributed by atoms with Crippen molar-refractivity contribution in [2.45, 2.75) is 23.7 Å². The van der Waals surface area contributed by atoms with Gasteiger partial charge in [-0.15, -0.1) is 0 Å². The van der Waals surface area contributed by atoms with Crippen LogP contribution >= 0.6 is 0 Å². The van der Waals surface area contributed by atoms with E-state index in [0.717, 1.165) is 34.6 Å². The van der Waals surface area contributed by atoms with Crippen molar-refractivity contribution in [2.24, 2.45) is 0 Å². The van der Waals surface area contributed by atoms with Gasteiger partial charge in [-0.3, -0.25) is 9.21 Å². The Morgan fingerprint density at radius 2 is 1.74 bits per heavy atom. The molecule has 0 bridgehead atoms. The molecule has 1 unspecified atom stereocenters. The minimum Gasteiger partial charge on any atom is -0.435 e. The van der Waals surface area contributed by atoms with Crippen molar-refractivity contribution in [3.05, 3.63) is 72.0 Å². The molecule has 0 N–H and O–H groups in total. The van der Waals surface area contributed by atoms with Gasteiger partial charge in [0.05, 0.1) is 41.0 Å². The van der Waals surface area contributed by atoms with E-state index >= 15 is 0 Å². The maximum absolute atomic E-state index is 14.3. The zero-order valence-electron chi connectivity index (χ0n) is 22.3. The van der Waals surface area contributed by atoms with Crippen molar-refractivity contribution in [3.8, 4) is 16.9 Å². The van der Waals surface area contributed by atoms with E-state index in [1.807, 2.05) is 4.90 Å². The summed E-state index contributed by atoms with van der Waals surface area (Å²) < 4.78 is 119. The third-order valence-electron chi connectivity index (χ3n) is 7.29. The van der Waals surface area contributed by atoms with E-state index < -0.39 is 44.8 Å². The zero-order chi connectivity index (χ0) is 30.2. The molecule has 226 valence electrons. The number of ether oxygens (including phenoxy) is 2. The Hall–Kier alpha value is -3.49. The molecule has 7 nitrogen and oxygen atoms in total. The second-order valence-corrected chi connectivity index (χ2v) is 11.8. The predicted molar refractivity (Wildman–Crippen MR) is 144 cm³/mol. The molecule has 0 saturated carbocycles. The van der Waals surface area contributed by atoms with Gasteiger partial charge in [-0.1, -0.05) is 12.1 Å². The third-order valence-corrected chi connectivity index (χ3v) is 9.06. The number of hydrogen-bond acceptors (Lipinski definition) is 6. The van der Waals surface area contributed by atoms with Crippen LogP contribution in [0.3, 0.4) is 0 Å². The maximum Gasteiger partial charge on any atom is 0.416 e. The lowest BCUT2D eigenvalue weighted by atomic mass is 10.00. The highest BCUT2D eigenvalue weighted by Gasteiger charge is 2.41. The SMILES string of the molecule is COCCN1CCN2c3ccc(-c4cc(F)cc(OC(F)F)c4)cc3N(S(=O)(=O)c3cccc(C(F)(F)F)c3)CC2C1. The number of hydrogen-bond donors (Lipinski definition) is 0. The van der Waals surface area contributed by atoms with Gasteiger partial charge in [0.25, 0.3) is 10.0 Å². The minimum atomic E-state index is -4.75. The van der Waals surface area contributed by atoms with E-state index in [0.29, 0.717) is 50.1 Å². The first-order chi connectivity index (χ1) is 19.9. The molecular weight excluding hydrogens is 588 g/mol. The summed E-state index contributed by atoms with van der Waals surface area (Å²) in [6, 6.07) is 11.0. The fourth-order valence-corrected chi connectivity index (χ4v) is 6.89. The molecular formula is C28H27F6N3O4S. The van der Waals surface area contributed by atoms with E-state index in [9.17, 15) is 34.8 Å². The van der Waals surface area contributed by atoms with Crippen molar-refractivity contribution >= 4 is 21.4 Å². The monoisotopic (exact) mass is 615 g/mol. The van der Waals surface area contributed by atoms with Crippen LogP contribution in [0.2, 0.25) is 0 Å². The summed E-state index contributed by atoms with van der Waals surface area (Å²) in [5.74, 6) is -1.26. The van der Waals surface area contributed by atoms with Crippen molar-refractivity contribution in [2.75, 3.05) is 55.6 Å². The second kappa shape index (κ2) is 11.7. The van der Waals surface area contributed by atoms with Crippen LogP contribution in [0.25, 0.3) is 11.1 Å². The van der Waals surface area contributed by atoms with Gasteiger partial charge < -0.3 is 14.4 Å². The fraction of sp³-hybridized carbons (Fsp3) is 0.357. The summed E-state index contributed by atoms with van der Waals surface area (Å²) >= 11 is 0. The van der Waals surface area contributed by atoms with Crippen LogP contribution < -0.4 is 13.9 Å². The molecule has 0 amide bonds. The standard InChI is InChI=1S/C28H27F6N3O4S/c1-40-10-9-35-7-8-36-22(16-35)17-37(42(38,39)24-4-2-3-20(14-24)28(32,33)34)26-13-18(5-6-25(26)36)19-11-21(29)15-23(12-19)41-27(30)31/h2-6,11-15,22,27H,7-10,16-17H2,1H3. The summed E-state index contributed by atoms with van der Waals surface area (Å²) in [4.78, 5) is 3.63. The molecule has 3 aromatic rings. The van der Waals surface area contributed by atoms with Crippen molar-refractivity contribution < 1.29 is 44.2 Å². The lowest BCUT2D eigenvalue weighted by molar-refractivity contribution is -0.137. The van der Waals surface area contributed by atoms with Gasteiger partial charge >= 0.3 is 12.8 Å². The molecule has 2 aliphatic heterocycles. The first-order valence-electron chi connectivity index (χ1n) is 12.9. The van der Waals surface area contributed by atoms with Gasteiger partial charge in [-0.05, 0) is 53.6 Å². The molecule has 0 aromatic heterocycles. The molecule has 1 saturated heterocycles. The Bertz CT molecular complexity index is 1550. The smallest absolute Gasteiger partial charge is 0.416 e. The molecule has 0 radical (unpaired) electrons. The number of fused-ring (bicyclic) bond motifs is 3. The second-order valence-electron chi connectivity index (χ2n) is 9.96. The topological polar surface area (TPSA) is 62.3 Å². The summed E-state index contributed by atoms with van der Waals surface area (Å²) in [6.45, 7) is -0.460. The Labute approximate surface area is 238 Å². The van der Waals surface area contributed by atoms with Gasteiger partial charge in [0, 0.05) is 39.4 Å². The van der Waals surface area contributed by atoms with Crippen LogP contribution in [-0.4, -0.2) is 72.4 Å². The van der Waals surface area contributed by atoms with Crippen LogP contribution in [0.5, 0.6) is 5.75 Å². The molecule has 3 aromatic carbocycles. The molecule has 1 atom stereocenters. The van der Waals surface area contributed by atoms with Crippen LogP contribution in [-0.2, 0) is 20.9 Å². The normalized spacial score (nSPS) is 17.8. The van der Waals surface area contributed by atoms with Gasteiger partial charge in [-0.2, -0.15) is 22.0 Å². The molecule has 1 fully saturated rings. The average Bonchev–Trinajstić information content (AvgIpc) is 2.94. The van der Waals surface area contributed by atoms with E-state index in [-0.39, 0.29) is 23.8 Å². The minimum absolute atomic E-state index is 0.0680. The number of benzene rings is 3. The van der Waals surface area contributed by atoms with Crippen molar-refractivity contribution in [3.63, 3.8) is 0 Å². The summed E-state index contributed by atoms with van der Waals surface area (Å²) in [5.41, 5.74) is 0.0422. The molecule has 2 heterocycles. The van der Waals surface area contributed by atoms with Crippen LogP contribution in [0.15, 0.2) is 65.6 Å². The summed E-state index contributed by atoms with van der Waals surface area (Å²) in [7, 11) is -2.93. The van der Waals surface area contributed by atoms with Crippen LogP contribution in [0.4, 0.5) is 37.7 Å². The number of alkyl halides is 5. The largest absolute Gasteiger partial charge is 0.435 e. The molecule has 5 rings (SSSR count). The number of halogens is 6. The lowest BCUT2D eigenvalue weighted by Gasteiger charge is -2.49. The predicted octanol–water partition coefficient (Wildman–Crippen LogP) is 5.46. The number of rotatable bonds is 8. The maximum atomic E-state index is 14.3. The van der Waals surface area contributed by atoms with Crippen molar-refractivity contribution in [1.82, 2.24) is 4.90 Å². The Kier molecular flexibility index (Phi) is 8.32. The van der Waals surface area contributed by atoms with E-state index in [4.69, 9.17) is 4.74 Å². The zero-order valence-corrected chi connectivity index (χ0v) is 23.1. The molecule has 14 heteroatoms. The number of methoxy groups -OCH3 is 1. The number of piperazine rings is 1. The average molecular weight is 616 g/mol. The van der Waals surface area contributed by atoms with Crippen LogP contribution in [0, 0.1) is 5.82 Å². The number of anilines is 2. The Morgan fingerprint density at radius 3 is 2.45 bits per heavy atom. The number of sulfonamides is 1. The quantitative estimate of drug-likeness (QED) is 0.314. The van der Waals surface area contributed by atoms with Crippen molar-refractivity contribution in [1.29, 1.82) is 0 Å².